The first-order chi connectivity index (χ1) is 5.83. The van der Waals surface area contributed by atoms with E-state index in [9.17, 15) is 0 Å². The van der Waals surface area contributed by atoms with Crippen LogP contribution in [0.15, 0.2) is 0 Å². The number of hydrogen-bond donors (Lipinski definition) is 0. The lowest BCUT2D eigenvalue weighted by Crippen LogP contribution is -2.31. The third-order valence-electron chi connectivity index (χ3n) is 2.90. The molecule has 0 aromatic heterocycles. The summed E-state index contributed by atoms with van der Waals surface area (Å²) in [5, 5.41) is 0. The minimum absolute atomic E-state index is 0.499. The third kappa shape index (κ3) is 2.63. The number of alkyl halides is 1. The van der Waals surface area contributed by atoms with Crippen LogP contribution >= 0.6 is 11.6 Å². The van der Waals surface area contributed by atoms with Crippen molar-refractivity contribution < 1.29 is 4.74 Å². The first-order valence-corrected chi connectivity index (χ1v) is 5.50. The summed E-state index contributed by atoms with van der Waals surface area (Å²) in [5.41, 5.74) is 0.499. The van der Waals surface area contributed by atoms with Crippen LogP contribution in [0.2, 0.25) is 0 Å². The largest absolute Gasteiger partial charge is 0.382 e. The molecule has 1 fully saturated rings. The highest BCUT2D eigenvalue weighted by molar-refractivity contribution is 6.18. The molecule has 1 rings (SSSR count). The van der Waals surface area contributed by atoms with E-state index in [1.54, 1.807) is 0 Å². The Balaban J connectivity index is 2.04. The normalized spacial score (nSPS) is 20.5. The second-order valence-electron chi connectivity index (χ2n) is 3.79. The van der Waals surface area contributed by atoms with Gasteiger partial charge in [0, 0.05) is 19.1 Å². The zero-order valence-electron chi connectivity index (χ0n) is 7.94. The third-order valence-corrected chi connectivity index (χ3v) is 3.46. The van der Waals surface area contributed by atoms with Crippen LogP contribution in [0, 0.1) is 5.41 Å². The van der Waals surface area contributed by atoms with Crippen LogP contribution < -0.4 is 0 Å². The van der Waals surface area contributed by atoms with Gasteiger partial charge in [0.25, 0.3) is 0 Å². The molecule has 0 unspecified atom stereocenters. The van der Waals surface area contributed by atoms with Gasteiger partial charge in [-0.2, -0.15) is 0 Å². The van der Waals surface area contributed by atoms with Crippen molar-refractivity contribution in [1.82, 2.24) is 0 Å². The highest BCUT2D eigenvalue weighted by Gasteiger charge is 2.35. The minimum Gasteiger partial charge on any atom is -0.382 e. The Morgan fingerprint density at radius 2 is 2.17 bits per heavy atom. The van der Waals surface area contributed by atoms with E-state index in [1.165, 1.54) is 32.1 Å². The maximum Gasteiger partial charge on any atom is 0.0466 e. The molecule has 0 atom stereocenters. The Labute approximate surface area is 80.4 Å². The van der Waals surface area contributed by atoms with E-state index in [0.717, 1.165) is 19.1 Å². The lowest BCUT2D eigenvalue weighted by molar-refractivity contribution is 0.101. The van der Waals surface area contributed by atoms with Crippen molar-refractivity contribution in [3.8, 4) is 0 Å². The van der Waals surface area contributed by atoms with Gasteiger partial charge in [-0.15, -0.1) is 11.6 Å². The summed E-state index contributed by atoms with van der Waals surface area (Å²) in [6.07, 6.45) is 6.49. The molecule has 0 spiro atoms. The van der Waals surface area contributed by atoms with Gasteiger partial charge in [0.2, 0.25) is 0 Å². The van der Waals surface area contributed by atoms with E-state index in [1.807, 2.05) is 6.92 Å². The molecule has 12 heavy (non-hydrogen) atoms. The van der Waals surface area contributed by atoms with Crippen molar-refractivity contribution >= 4 is 11.6 Å². The van der Waals surface area contributed by atoms with Gasteiger partial charge in [-0.1, -0.05) is 6.42 Å². The quantitative estimate of drug-likeness (QED) is 0.462. The van der Waals surface area contributed by atoms with Gasteiger partial charge in [0.05, 0.1) is 0 Å². The van der Waals surface area contributed by atoms with Crippen molar-refractivity contribution in [2.24, 2.45) is 5.41 Å². The van der Waals surface area contributed by atoms with Gasteiger partial charge >= 0.3 is 0 Å². The molecule has 2 heteroatoms. The Bertz CT molecular complexity index is 115. The fourth-order valence-corrected chi connectivity index (χ4v) is 2.22. The van der Waals surface area contributed by atoms with E-state index in [4.69, 9.17) is 16.3 Å². The second kappa shape index (κ2) is 5.08. The highest BCUT2D eigenvalue weighted by Crippen LogP contribution is 2.45. The molecule has 0 aromatic carbocycles. The zero-order chi connectivity index (χ0) is 8.86. The van der Waals surface area contributed by atoms with Crippen LogP contribution in [0.5, 0.6) is 0 Å². The molecule has 0 heterocycles. The highest BCUT2D eigenvalue weighted by atomic mass is 35.5. The summed E-state index contributed by atoms with van der Waals surface area (Å²) in [6, 6.07) is 0. The lowest BCUT2D eigenvalue weighted by Gasteiger charge is -2.40. The summed E-state index contributed by atoms with van der Waals surface area (Å²) >= 11 is 5.93. The van der Waals surface area contributed by atoms with Crippen molar-refractivity contribution in [2.45, 2.75) is 39.0 Å². The summed E-state index contributed by atoms with van der Waals surface area (Å²) in [4.78, 5) is 0. The molecule has 0 amide bonds. The van der Waals surface area contributed by atoms with E-state index in [0.29, 0.717) is 5.41 Å². The molecule has 0 saturated heterocycles. The van der Waals surface area contributed by atoms with Gasteiger partial charge in [-0.25, -0.2) is 0 Å². The van der Waals surface area contributed by atoms with Gasteiger partial charge in [-0.05, 0) is 38.0 Å². The monoisotopic (exact) mass is 190 g/mol. The van der Waals surface area contributed by atoms with Crippen molar-refractivity contribution in [2.75, 3.05) is 19.1 Å². The van der Waals surface area contributed by atoms with Crippen LogP contribution in [0.4, 0.5) is 0 Å². The molecule has 0 radical (unpaired) electrons. The summed E-state index contributed by atoms with van der Waals surface area (Å²) in [6.45, 7) is 3.80. The molecular weight excluding hydrogens is 172 g/mol. The number of rotatable bonds is 6. The van der Waals surface area contributed by atoms with Crippen LogP contribution in [-0.2, 0) is 4.74 Å². The molecule has 1 saturated carbocycles. The molecule has 72 valence electrons. The Morgan fingerprint density at radius 1 is 1.42 bits per heavy atom. The lowest BCUT2D eigenvalue weighted by atomic mass is 9.67. The topological polar surface area (TPSA) is 9.23 Å². The molecule has 1 aliphatic rings. The predicted octanol–water partition coefficient (Wildman–Crippen LogP) is 3.21. The minimum atomic E-state index is 0.499. The van der Waals surface area contributed by atoms with Crippen LogP contribution in [0.3, 0.4) is 0 Å². The predicted molar refractivity (Wildman–Crippen MR) is 52.7 cm³/mol. The molecule has 1 aliphatic carbocycles. The maximum atomic E-state index is 5.93. The second-order valence-corrected chi connectivity index (χ2v) is 4.05. The van der Waals surface area contributed by atoms with E-state index < -0.39 is 0 Å². The maximum absolute atomic E-state index is 5.93. The SMILES string of the molecule is CCOCCCC1(CCl)CCC1. The molecule has 0 bridgehead atoms. The first kappa shape index (κ1) is 10.3. The van der Waals surface area contributed by atoms with Crippen molar-refractivity contribution in [3.05, 3.63) is 0 Å². The number of ether oxygens (including phenoxy) is 1. The van der Waals surface area contributed by atoms with Gasteiger partial charge in [0.1, 0.15) is 0 Å². The zero-order valence-corrected chi connectivity index (χ0v) is 8.70. The molecule has 0 aromatic rings. The molecule has 0 aliphatic heterocycles. The Morgan fingerprint density at radius 3 is 2.58 bits per heavy atom. The summed E-state index contributed by atoms with van der Waals surface area (Å²) < 4.78 is 5.30. The molecule has 1 nitrogen and oxygen atoms in total. The fourth-order valence-electron chi connectivity index (χ4n) is 1.82. The van der Waals surface area contributed by atoms with E-state index in [-0.39, 0.29) is 0 Å². The van der Waals surface area contributed by atoms with E-state index >= 15 is 0 Å². The van der Waals surface area contributed by atoms with E-state index in [2.05, 4.69) is 0 Å². The molecular formula is C10H19ClO. The summed E-state index contributed by atoms with van der Waals surface area (Å²) in [7, 11) is 0. The first-order valence-electron chi connectivity index (χ1n) is 4.97. The van der Waals surface area contributed by atoms with Gasteiger partial charge in [0.15, 0.2) is 0 Å². The van der Waals surface area contributed by atoms with Crippen molar-refractivity contribution in [3.63, 3.8) is 0 Å². The van der Waals surface area contributed by atoms with Crippen LogP contribution in [0.1, 0.15) is 39.0 Å². The van der Waals surface area contributed by atoms with Gasteiger partial charge < -0.3 is 4.74 Å². The standard InChI is InChI=1S/C10H19ClO/c1-2-12-8-4-7-10(9-11)5-3-6-10/h2-9H2,1H3. The average Bonchev–Trinajstić information content (AvgIpc) is 2.02. The van der Waals surface area contributed by atoms with Gasteiger partial charge in [-0.3, -0.25) is 0 Å². The van der Waals surface area contributed by atoms with Crippen LogP contribution in [-0.4, -0.2) is 19.1 Å². The number of halogens is 1. The van der Waals surface area contributed by atoms with Crippen molar-refractivity contribution in [1.29, 1.82) is 0 Å². The van der Waals surface area contributed by atoms with Crippen LogP contribution in [0.25, 0.3) is 0 Å². The fraction of sp³-hybridized carbons (Fsp3) is 1.00. The Kier molecular flexibility index (Phi) is 4.38. The average molecular weight is 191 g/mol. The summed E-state index contributed by atoms with van der Waals surface area (Å²) in [5.74, 6) is 0.846. The smallest absolute Gasteiger partial charge is 0.0466 e. The number of hydrogen-bond acceptors (Lipinski definition) is 1. The Hall–Kier alpha value is 0.250. The molecule has 0 N–H and O–H groups in total.